The van der Waals surface area contributed by atoms with Crippen molar-refractivity contribution in [1.82, 2.24) is 10.6 Å². The van der Waals surface area contributed by atoms with Crippen LogP contribution in [0.5, 0.6) is 0 Å². The molecule has 3 nitrogen and oxygen atoms in total. The molecule has 1 aliphatic heterocycles. The van der Waals surface area contributed by atoms with Crippen LogP contribution in [-0.4, -0.2) is 25.0 Å². The van der Waals surface area contributed by atoms with E-state index in [9.17, 15) is 4.79 Å². The van der Waals surface area contributed by atoms with E-state index in [4.69, 9.17) is 0 Å². The first kappa shape index (κ1) is 14.0. The van der Waals surface area contributed by atoms with Crippen molar-refractivity contribution >= 4 is 5.91 Å². The molecule has 0 aromatic heterocycles. The van der Waals surface area contributed by atoms with Crippen LogP contribution in [0.1, 0.15) is 58.3 Å². The normalized spacial score (nSPS) is 43.8. The number of amides is 1. The number of piperidine rings is 1. The number of carbonyl (C=O) groups excluding carboxylic acids is 1. The molecule has 5 rings (SSSR count). The number of rotatable bonds is 3. The highest BCUT2D eigenvalue weighted by atomic mass is 16.1. The van der Waals surface area contributed by atoms with E-state index in [1.54, 1.807) is 0 Å². The van der Waals surface area contributed by atoms with Crippen LogP contribution in [0, 0.1) is 29.1 Å². The Bertz CT molecular complexity index is 378. The van der Waals surface area contributed by atoms with Crippen molar-refractivity contribution in [1.29, 1.82) is 0 Å². The van der Waals surface area contributed by atoms with Gasteiger partial charge in [-0.2, -0.15) is 0 Å². The van der Waals surface area contributed by atoms with Crippen molar-refractivity contribution in [2.24, 2.45) is 29.1 Å². The van der Waals surface area contributed by atoms with E-state index in [1.807, 2.05) is 0 Å². The Kier molecular flexibility index (Phi) is 3.52. The lowest BCUT2D eigenvalue weighted by Crippen LogP contribution is -2.56. The third-order valence-corrected chi connectivity index (χ3v) is 7.07. The van der Waals surface area contributed by atoms with Crippen molar-refractivity contribution < 1.29 is 4.79 Å². The lowest BCUT2D eigenvalue weighted by atomic mass is 9.48. The van der Waals surface area contributed by atoms with Crippen LogP contribution < -0.4 is 10.6 Å². The number of carbonyl (C=O) groups is 1. The first-order chi connectivity index (χ1) is 10.1. The summed E-state index contributed by atoms with van der Waals surface area (Å²) in [5.74, 6) is 3.49. The minimum atomic E-state index is 0.252. The fraction of sp³-hybridized carbons (Fsp3) is 0.944. The summed E-state index contributed by atoms with van der Waals surface area (Å²) in [6.45, 7) is 4.31. The quantitative estimate of drug-likeness (QED) is 0.839. The van der Waals surface area contributed by atoms with Gasteiger partial charge in [-0.1, -0.05) is 0 Å². The summed E-state index contributed by atoms with van der Waals surface area (Å²) in [5.41, 5.74) is 0.442. The SMILES string of the molecule is C[C@H](NC(=O)C1CCNCC1)C12CC3CC(CC(C3)C1)C2. The molecular weight excluding hydrogens is 260 g/mol. The Labute approximate surface area is 128 Å². The third kappa shape index (κ3) is 2.52. The van der Waals surface area contributed by atoms with E-state index in [2.05, 4.69) is 17.6 Å². The molecule has 1 saturated heterocycles. The Morgan fingerprint density at radius 2 is 1.57 bits per heavy atom. The molecule has 0 aromatic rings. The van der Waals surface area contributed by atoms with Crippen molar-refractivity contribution in [3.05, 3.63) is 0 Å². The summed E-state index contributed by atoms with van der Waals surface area (Å²) in [7, 11) is 0. The Hall–Kier alpha value is -0.570. The zero-order valence-corrected chi connectivity index (χ0v) is 13.4. The third-order valence-electron chi connectivity index (χ3n) is 7.07. The number of hydrogen-bond donors (Lipinski definition) is 2. The Morgan fingerprint density at radius 3 is 2.10 bits per heavy atom. The van der Waals surface area contributed by atoms with Gasteiger partial charge in [-0.15, -0.1) is 0 Å². The monoisotopic (exact) mass is 290 g/mol. The van der Waals surface area contributed by atoms with Crippen LogP contribution in [-0.2, 0) is 4.79 Å². The second kappa shape index (κ2) is 5.26. The summed E-state index contributed by atoms with van der Waals surface area (Å²) in [6.07, 6.45) is 10.6. The maximum Gasteiger partial charge on any atom is 0.223 e. The second-order valence-corrected chi connectivity index (χ2v) is 8.53. The molecule has 21 heavy (non-hydrogen) atoms. The van der Waals surface area contributed by atoms with E-state index >= 15 is 0 Å². The van der Waals surface area contributed by atoms with Gasteiger partial charge in [-0.25, -0.2) is 0 Å². The molecule has 0 unspecified atom stereocenters. The molecule has 4 saturated carbocycles. The maximum absolute atomic E-state index is 12.6. The largest absolute Gasteiger partial charge is 0.353 e. The van der Waals surface area contributed by atoms with Crippen LogP contribution in [0.2, 0.25) is 0 Å². The molecule has 118 valence electrons. The molecule has 0 radical (unpaired) electrons. The summed E-state index contributed by atoms with van der Waals surface area (Å²) in [5, 5.41) is 6.79. The summed E-state index contributed by atoms with van der Waals surface area (Å²) in [6, 6.07) is 0.383. The standard InChI is InChI=1S/C18H30N2O/c1-12(20-17(21)16-2-4-19-5-3-16)18-9-13-6-14(10-18)8-15(7-13)11-18/h12-16,19H,2-11H2,1H3,(H,20,21)/t12-,13?,14?,15?,18?/m0/s1. The number of hydrogen-bond acceptors (Lipinski definition) is 2. The molecule has 2 N–H and O–H groups in total. The van der Waals surface area contributed by atoms with Crippen LogP contribution in [0.3, 0.4) is 0 Å². The molecule has 0 aromatic carbocycles. The van der Waals surface area contributed by atoms with Crippen LogP contribution in [0.15, 0.2) is 0 Å². The Balaban J connectivity index is 1.42. The van der Waals surface area contributed by atoms with E-state index < -0.39 is 0 Å². The topological polar surface area (TPSA) is 41.1 Å². The minimum Gasteiger partial charge on any atom is -0.353 e. The smallest absolute Gasteiger partial charge is 0.223 e. The fourth-order valence-electron chi connectivity index (χ4n) is 6.28. The summed E-state index contributed by atoms with van der Waals surface area (Å²) < 4.78 is 0. The molecule has 4 aliphatic carbocycles. The van der Waals surface area contributed by atoms with Gasteiger partial charge in [0.2, 0.25) is 5.91 Å². The van der Waals surface area contributed by atoms with Crippen molar-refractivity contribution in [2.45, 2.75) is 64.3 Å². The van der Waals surface area contributed by atoms with Gasteiger partial charge in [0.1, 0.15) is 0 Å². The van der Waals surface area contributed by atoms with Gasteiger partial charge in [0.05, 0.1) is 0 Å². The van der Waals surface area contributed by atoms with Crippen molar-refractivity contribution in [3.8, 4) is 0 Å². The molecule has 1 atom stereocenters. The fourth-order valence-corrected chi connectivity index (χ4v) is 6.28. The van der Waals surface area contributed by atoms with E-state index in [1.165, 1.54) is 38.5 Å². The average Bonchev–Trinajstić information content (AvgIpc) is 2.46. The van der Waals surface area contributed by atoms with Gasteiger partial charge in [0.25, 0.3) is 0 Å². The lowest BCUT2D eigenvalue weighted by molar-refractivity contribution is -0.130. The van der Waals surface area contributed by atoms with E-state index in [-0.39, 0.29) is 5.92 Å². The maximum atomic E-state index is 12.6. The minimum absolute atomic E-state index is 0.252. The van der Waals surface area contributed by atoms with Gasteiger partial charge in [-0.3, -0.25) is 4.79 Å². The van der Waals surface area contributed by atoms with Gasteiger partial charge in [-0.05, 0) is 94.5 Å². The van der Waals surface area contributed by atoms with E-state index in [0.29, 0.717) is 17.4 Å². The van der Waals surface area contributed by atoms with E-state index in [0.717, 1.165) is 43.7 Å². The first-order valence-corrected chi connectivity index (χ1v) is 9.16. The highest BCUT2D eigenvalue weighted by Gasteiger charge is 2.53. The lowest BCUT2D eigenvalue weighted by Gasteiger charge is -2.59. The van der Waals surface area contributed by atoms with Crippen molar-refractivity contribution in [2.75, 3.05) is 13.1 Å². The van der Waals surface area contributed by atoms with Crippen LogP contribution in [0.4, 0.5) is 0 Å². The van der Waals surface area contributed by atoms with Crippen LogP contribution >= 0.6 is 0 Å². The highest BCUT2D eigenvalue weighted by Crippen LogP contribution is 2.61. The van der Waals surface area contributed by atoms with Gasteiger partial charge in [0.15, 0.2) is 0 Å². The van der Waals surface area contributed by atoms with Crippen molar-refractivity contribution in [3.63, 3.8) is 0 Å². The molecule has 5 aliphatic rings. The first-order valence-electron chi connectivity index (χ1n) is 9.16. The van der Waals surface area contributed by atoms with Gasteiger partial charge in [0, 0.05) is 12.0 Å². The molecule has 5 fully saturated rings. The summed E-state index contributed by atoms with van der Waals surface area (Å²) in [4.78, 5) is 12.6. The molecule has 1 amide bonds. The number of nitrogens with one attached hydrogen (secondary N) is 2. The molecular formula is C18H30N2O. The summed E-state index contributed by atoms with van der Waals surface area (Å²) >= 11 is 0. The highest BCUT2D eigenvalue weighted by molar-refractivity contribution is 5.79. The second-order valence-electron chi connectivity index (χ2n) is 8.53. The average molecular weight is 290 g/mol. The molecule has 3 heteroatoms. The van der Waals surface area contributed by atoms with Gasteiger partial charge < -0.3 is 10.6 Å². The zero-order valence-electron chi connectivity index (χ0n) is 13.4. The predicted octanol–water partition coefficient (Wildman–Crippen LogP) is 2.71. The molecule has 4 bridgehead atoms. The zero-order chi connectivity index (χ0) is 14.4. The predicted molar refractivity (Wildman–Crippen MR) is 83.8 cm³/mol. The van der Waals surface area contributed by atoms with Crippen LogP contribution in [0.25, 0.3) is 0 Å². The van der Waals surface area contributed by atoms with Gasteiger partial charge >= 0.3 is 0 Å². The molecule has 0 spiro atoms. The molecule has 1 heterocycles. The Morgan fingerprint density at radius 1 is 1.05 bits per heavy atom.